The van der Waals surface area contributed by atoms with Crippen LogP contribution in [0.25, 0.3) is 10.9 Å². The number of hydrogen-bond acceptors (Lipinski definition) is 10. The number of nitriles is 1. The average molecular weight is 668 g/mol. The average Bonchev–Trinajstić information content (AvgIpc) is 3.40. The number of nitrogens with zero attached hydrogens (tertiary/aromatic N) is 7. The lowest BCUT2D eigenvalue weighted by atomic mass is 9.91. The molecule has 1 saturated carbocycles. The largest absolute Gasteiger partial charge is 0.385 e. The van der Waals surface area contributed by atoms with E-state index < -0.39 is 5.91 Å². The molecule has 0 saturated heterocycles. The second-order valence-corrected chi connectivity index (χ2v) is 13.3. The van der Waals surface area contributed by atoms with Crippen molar-refractivity contribution in [1.29, 1.82) is 5.26 Å². The van der Waals surface area contributed by atoms with Gasteiger partial charge in [-0.05, 0) is 89.8 Å². The van der Waals surface area contributed by atoms with Gasteiger partial charge in [-0.2, -0.15) is 15.2 Å². The minimum atomic E-state index is -0.394. The molecule has 2 heterocycles. The first-order valence-corrected chi connectivity index (χ1v) is 16.8. The Kier molecular flexibility index (Phi) is 10.9. The maximum absolute atomic E-state index is 12.9. The zero-order chi connectivity index (χ0) is 34.4. The molecule has 2 aromatic carbocycles. The molecule has 0 radical (unpaired) electrons. The summed E-state index contributed by atoms with van der Waals surface area (Å²) in [4.78, 5) is 48.3. The van der Waals surface area contributed by atoms with Crippen LogP contribution < -0.4 is 20.3 Å². The number of rotatable bonds is 10. The van der Waals surface area contributed by atoms with Gasteiger partial charge in [0.15, 0.2) is 11.4 Å². The van der Waals surface area contributed by atoms with Crippen molar-refractivity contribution < 1.29 is 14.4 Å². The van der Waals surface area contributed by atoms with Crippen LogP contribution in [0, 0.1) is 18.3 Å². The number of aromatic nitrogens is 3. The molecule has 1 aliphatic carbocycles. The monoisotopic (exact) mass is 667 g/mol. The van der Waals surface area contributed by atoms with Crippen LogP contribution in [0.2, 0.25) is 0 Å². The molecule has 5 rings (SSSR count). The quantitative estimate of drug-likeness (QED) is 0.170. The summed E-state index contributed by atoms with van der Waals surface area (Å²) < 4.78 is 1.98. The van der Waals surface area contributed by atoms with E-state index in [0.29, 0.717) is 27.6 Å². The van der Waals surface area contributed by atoms with Gasteiger partial charge in [0.2, 0.25) is 5.95 Å². The van der Waals surface area contributed by atoms with Crippen LogP contribution in [0.3, 0.4) is 0 Å². The summed E-state index contributed by atoms with van der Waals surface area (Å²) in [5.74, 6) is 0.875. The van der Waals surface area contributed by atoms with Gasteiger partial charge in [0.1, 0.15) is 5.82 Å². The third-order valence-electron chi connectivity index (χ3n) is 8.22. The Hall–Kier alpha value is -5.09. The van der Waals surface area contributed by atoms with Gasteiger partial charge in [-0.3, -0.25) is 9.59 Å². The molecule has 250 valence electrons. The zero-order valence-electron chi connectivity index (χ0n) is 28.1. The Bertz CT molecular complexity index is 1930. The van der Waals surface area contributed by atoms with Crippen molar-refractivity contribution in [2.45, 2.75) is 71.5 Å². The van der Waals surface area contributed by atoms with E-state index in [-0.39, 0.29) is 30.6 Å². The van der Waals surface area contributed by atoms with Gasteiger partial charge in [-0.15, -0.1) is 0 Å². The highest BCUT2D eigenvalue weighted by Crippen LogP contribution is 2.26. The minimum absolute atomic E-state index is 0.0444. The number of nitrogens with one attached hydrogen (secondary N) is 2. The van der Waals surface area contributed by atoms with Crippen LogP contribution in [0.4, 0.5) is 11.8 Å². The van der Waals surface area contributed by atoms with E-state index in [0.717, 1.165) is 53.0 Å². The molecule has 13 heteroatoms. The zero-order valence-corrected chi connectivity index (χ0v) is 29.0. The number of benzene rings is 2. The Morgan fingerprint density at radius 1 is 1.08 bits per heavy atom. The first-order chi connectivity index (χ1) is 23.0. The van der Waals surface area contributed by atoms with Crippen molar-refractivity contribution in [1.82, 2.24) is 19.9 Å². The molecule has 4 aromatic rings. The van der Waals surface area contributed by atoms with Crippen molar-refractivity contribution in [3.8, 4) is 6.07 Å². The Balaban J connectivity index is 1.15. The summed E-state index contributed by atoms with van der Waals surface area (Å²) in [5, 5.41) is 20.9. The highest BCUT2D eigenvalue weighted by molar-refractivity contribution is 7.11. The van der Waals surface area contributed by atoms with Crippen molar-refractivity contribution in [3.63, 3.8) is 0 Å². The lowest BCUT2D eigenvalue weighted by molar-refractivity contribution is -0.126. The van der Waals surface area contributed by atoms with Crippen LogP contribution in [0.5, 0.6) is 0 Å². The van der Waals surface area contributed by atoms with Gasteiger partial charge < -0.3 is 24.9 Å². The second kappa shape index (κ2) is 15.2. The molecule has 0 unspecified atom stereocenters. The van der Waals surface area contributed by atoms with Crippen molar-refractivity contribution in [2.75, 3.05) is 30.9 Å². The molecule has 2 N–H and O–H groups in total. The van der Waals surface area contributed by atoms with E-state index >= 15 is 0 Å². The summed E-state index contributed by atoms with van der Waals surface area (Å²) in [6.45, 7) is 7.59. The van der Waals surface area contributed by atoms with Gasteiger partial charge in [0.25, 0.3) is 11.8 Å². The fourth-order valence-electron chi connectivity index (χ4n) is 5.85. The molecule has 1 fully saturated rings. The number of carbonyl (C=O) groups excluding carboxylic acids is 2. The van der Waals surface area contributed by atoms with Crippen LogP contribution in [-0.2, 0) is 9.63 Å². The number of para-hydroxylation sites is 1. The van der Waals surface area contributed by atoms with Gasteiger partial charge in [0, 0.05) is 48.9 Å². The van der Waals surface area contributed by atoms with Crippen LogP contribution >= 0.6 is 11.3 Å². The van der Waals surface area contributed by atoms with Crippen LogP contribution in [0.15, 0.2) is 58.7 Å². The summed E-state index contributed by atoms with van der Waals surface area (Å²) >= 11 is 1.34. The smallest absolute Gasteiger partial charge is 0.279 e. The molecule has 48 heavy (non-hydrogen) atoms. The molecule has 2 aromatic heterocycles. The van der Waals surface area contributed by atoms with E-state index in [1.807, 2.05) is 81.6 Å². The third-order valence-corrected chi connectivity index (χ3v) is 9.49. The summed E-state index contributed by atoms with van der Waals surface area (Å²) in [7, 11) is 3.96. The lowest BCUT2D eigenvalue weighted by Crippen LogP contribution is -2.41. The summed E-state index contributed by atoms with van der Waals surface area (Å²) in [5.41, 5.74) is 3.26. The SMILES string of the molecule is CC(=NOCC(=O)NC1CCC(Nc2nc(N(C)C)c3ccccc3n2)CC1)c1sc(=NC(=O)c2ccc(C#N)cc2)n(C(C)C)c1C. The molecule has 1 aliphatic rings. The van der Waals surface area contributed by atoms with Crippen LogP contribution in [0.1, 0.15) is 79.0 Å². The Morgan fingerprint density at radius 2 is 1.77 bits per heavy atom. The normalized spacial score (nSPS) is 16.9. The number of oxime groups is 1. The number of carbonyl (C=O) groups is 2. The number of thiazole rings is 1. The van der Waals surface area contributed by atoms with Gasteiger partial charge in [-0.25, -0.2) is 4.98 Å². The van der Waals surface area contributed by atoms with E-state index in [1.54, 1.807) is 24.3 Å². The first kappa shape index (κ1) is 34.3. The molecule has 0 aliphatic heterocycles. The number of fused-ring (bicyclic) bond motifs is 1. The highest BCUT2D eigenvalue weighted by Gasteiger charge is 2.24. The molecule has 0 spiro atoms. The molecule has 2 amide bonds. The summed E-state index contributed by atoms with van der Waals surface area (Å²) in [6, 6.07) is 16.8. The number of hydrogen-bond donors (Lipinski definition) is 2. The van der Waals surface area contributed by atoms with E-state index in [9.17, 15) is 9.59 Å². The Morgan fingerprint density at radius 3 is 2.44 bits per heavy atom. The molecular weight excluding hydrogens is 627 g/mol. The summed E-state index contributed by atoms with van der Waals surface area (Å²) in [6.07, 6.45) is 3.42. The minimum Gasteiger partial charge on any atom is -0.385 e. The highest BCUT2D eigenvalue weighted by atomic mass is 32.1. The second-order valence-electron chi connectivity index (χ2n) is 12.4. The van der Waals surface area contributed by atoms with E-state index in [1.165, 1.54) is 11.3 Å². The van der Waals surface area contributed by atoms with Crippen molar-refractivity contribution in [2.24, 2.45) is 10.1 Å². The van der Waals surface area contributed by atoms with E-state index in [4.69, 9.17) is 20.1 Å². The molecule has 0 atom stereocenters. The third kappa shape index (κ3) is 8.06. The molecule has 12 nitrogen and oxygen atoms in total. The first-order valence-electron chi connectivity index (χ1n) is 16.0. The predicted octanol–water partition coefficient (Wildman–Crippen LogP) is 5.34. The molecule has 0 bridgehead atoms. The maximum atomic E-state index is 12.9. The van der Waals surface area contributed by atoms with Crippen LogP contribution in [-0.4, -0.2) is 64.8 Å². The Labute approximate surface area is 284 Å². The fraction of sp³-hybridized carbons (Fsp3) is 0.400. The van der Waals surface area contributed by atoms with Gasteiger partial charge >= 0.3 is 0 Å². The standard InChI is InChI=1S/C35H41N9O3S/c1-21(2)44-23(4)31(48-35(44)41-33(46)25-13-11-24(19-36)12-14-25)22(3)42-47-20-30(45)37-26-15-17-27(18-16-26)38-34-39-29-10-8-7-9-28(29)32(40-34)43(5)6/h7-14,21,26-27H,15-18,20H2,1-6H3,(H,37,45)(H,38,39,40). The van der Waals surface area contributed by atoms with E-state index in [2.05, 4.69) is 20.8 Å². The van der Waals surface area contributed by atoms with Crippen molar-refractivity contribution >= 4 is 51.5 Å². The van der Waals surface area contributed by atoms with Gasteiger partial charge in [-0.1, -0.05) is 28.6 Å². The predicted molar refractivity (Wildman–Crippen MR) is 188 cm³/mol. The van der Waals surface area contributed by atoms with Gasteiger partial charge in [0.05, 0.1) is 27.7 Å². The molecular formula is C35H41N9O3S. The number of amides is 2. The fourth-order valence-corrected chi connectivity index (χ4v) is 7.04. The lowest BCUT2D eigenvalue weighted by Gasteiger charge is -2.29. The maximum Gasteiger partial charge on any atom is 0.279 e. The number of anilines is 2. The van der Waals surface area contributed by atoms with Crippen molar-refractivity contribution in [3.05, 3.63) is 75.0 Å². The topological polar surface area (TPSA) is 150 Å².